The van der Waals surface area contributed by atoms with Crippen LogP contribution in [0.4, 0.5) is 0 Å². The van der Waals surface area contributed by atoms with Gasteiger partial charge in [0.25, 0.3) is 5.91 Å². The van der Waals surface area contributed by atoms with Gasteiger partial charge in [0.1, 0.15) is 5.75 Å². The van der Waals surface area contributed by atoms with Crippen molar-refractivity contribution in [2.45, 2.75) is 26.2 Å². The van der Waals surface area contributed by atoms with Gasteiger partial charge in [-0.05, 0) is 48.1 Å². The van der Waals surface area contributed by atoms with Crippen molar-refractivity contribution in [3.63, 3.8) is 0 Å². The van der Waals surface area contributed by atoms with Crippen molar-refractivity contribution in [1.29, 1.82) is 0 Å². The molecule has 2 heterocycles. The summed E-state index contributed by atoms with van der Waals surface area (Å²) in [5.74, 6) is 0.356. The number of aryl methyl sites for hydroxylation is 3. The van der Waals surface area contributed by atoms with Crippen LogP contribution in [0.15, 0.2) is 30.5 Å². The topological polar surface area (TPSA) is 70.1 Å². The van der Waals surface area contributed by atoms with Gasteiger partial charge in [-0.25, -0.2) is 0 Å². The number of carbonyl (C=O) groups is 1. The van der Waals surface area contributed by atoms with Gasteiger partial charge in [0.05, 0.1) is 22.3 Å². The standard InChI is InChI=1S/C19H19N3O2S/c1-3-11-4-7-13(8-5-11)24-19-15-14(17(25-19)18(20)23)9-6-12-10-21-22(2)16(12)15/h4-5,7-8,10H,3,6,9H2,1-2H3,(H2,20,23). The van der Waals surface area contributed by atoms with E-state index < -0.39 is 5.91 Å². The average molecular weight is 353 g/mol. The maximum Gasteiger partial charge on any atom is 0.259 e. The summed E-state index contributed by atoms with van der Waals surface area (Å²) in [6.07, 6.45) is 4.51. The molecule has 0 saturated heterocycles. The zero-order valence-electron chi connectivity index (χ0n) is 14.2. The van der Waals surface area contributed by atoms with E-state index in [9.17, 15) is 4.79 Å². The van der Waals surface area contributed by atoms with Gasteiger partial charge in [0.2, 0.25) is 0 Å². The summed E-state index contributed by atoms with van der Waals surface area (Å²) in [6.45, 7) is 2.12. The normalized spacial score (nSPS) is 12.6. The van der Waals surface area contributed by atoms with E-state index in [0.29, 0.717) is 9.94 Å². The minimum absolute atomic E-state index is 0.400. The molecule has 0 aliphatic heterocycles. The number of nitrogens with zero attached hydrogens (tertiary/aromatic N) is 2. The van der Waals surface area contributed by atoms with Gasteiger partial charge in [0.15, 0.2) is 5.06 Å². The Balaban J connectivity index is 1.83. The molecule has 0 unspecified atom stereocenters. The van der Waals surface area contributed by atoms with Gasteiger partial charge in [-0.1, -0.05) is 30.4 Å². The van der Waals surface area contributed by atoms with E-state index in [0.717, 1.165) is 41.8 Å². The third-order valence-electron chi connectivity index (χ3n) is 4.64. The Morgan fingerprint density at radius 3 is 2.76 bits per heavy atom. The Morgan fingerprint density at radius 2 is 2.08 bits per heavy atom. The SMILES string of the molecule is CCc1ccc(Oc2sc(C(N)=O)c3c2-c2c(cnn2C)CC3)cc1. The van der Waals surface area contributed by atoms with Gasteiger partial charge < -0.3 is 10.5 Å². The number of ether oxygens (including phenoxy) is 1. The Kier molecular flexibility index (Phi) is 3.84. The Hall–Kier alpha value is -2.60. The first kappa shape index (κ1) is 15.9. The highest BCUT2D eigenvalue weighted by Gasteiger charge is 2.30. The molecule has 25 heavy (non-hydrogen) atoms. The van der Waals surface area contributed by atoms with E-state index in [1.54, 1.807) is 0 Å². The molecule has 2 aromatic heterocycles. The number of thiophene rings is 1. The van der Waals surface area contributed by atoms with Crippen LogP contribution in [0.1, 0.15) is 33.3 Å². The van der Waals surface area contributed by atoms with Crippen LogP contribution in [-0.4, -0.2) is 15.7 Å². The largest absolute Gasteiger partial charge is 0.446 e. The van der Waals surface area contributed by atoms with Gasteiger partial charge in [-0.3, -0.25) is 9.48 Å². The van der Waals surface area contributed by atoms with E-state index in [-0.39, 0.29) is 0 Å². The van der Waals surface area contributed by atoms with E-state index in [2.05, 4.69) is 24.2 Å². The maximum absolute atomic E-state index is 11.9. The molecule has 5 nitrogen and oxygen atoms in total. The van der Waals surface area contributed by atoms with Crippen LogP contribution in [0.25, 0.3) is 11.3 Å². The van der Waals surface area contributed by atoms with Crippen LogP contribution in [0.3, 0.4) is 0 Å². The van der Waals surface area contributed by atoms with E-state index in [4.69, 9.17) is 10.5 Å². The lowest BCUT2D eigenvalue weighted by Gasteiger charge is -2.16. The first-order chi connectivity index (χ1) is 12.1. The molecule has 6 heteroatoms. The zero-order chi connectivity index (χ0) is 17.6. The van der Waals surface area contributed by atoms with Crippen LogP contribution < -0.4 is 10.5 Å². The number of amides is 1. The maximum atomic E-state index is 11.9. The number of hydrogen-bond donors (Lipinski definition) is 1. The van der Waals surface area contributed by atoms with Gasteiger partial charge in [-0.2, -0.15) is 5.10 Å². The highest BCUT2D eigenvalue weighted by Crippen LogP contribution is 2.48. The average Bonchev–Trinajstić information content (AvgIpc) is 3.17. The first-order valence-electron chi connectivity index (χ1n) is 8.32. The summed E-state index contributed by atoms with van der Waals surface area (Å²) in [5.41, 5.74) is 11.0. The predicted octanol–water partition coefficient (Wildman–Crippen LogP) is 3.70. The highest BCUT2D eigenvalue weighted by molar-refractivity contribution is 7.16. The summed E-state index contributed by atoms with van der Waals surface area (Å²) in [6, 6.07) is 8.03. The number of hydrogen-bond acceptors (Lipinski definition) is 4. The smallest absolute Gasteiger partial charge is 0.259 e. The quantitative estimate of drug-likeness (QED) is 0.777. The molecule has 1 aliphatic carbocycles. The van der Waals surface area contributed by atoms with Crippen molar-refractivity contribution in [2.75, 3.05) is 0 Å². The summed E-state index contributed by atoms with van der Waals surface area (Å²) in [7, 11) is 1.91. The second-order valence-corrected chi connectivity index (χ2v) is 7.16. The first-order valence-corrected chi connectivity index (χ1v) is 9.13. The molecule has 0 bridgehead atoms. The molecule has 1 aliphatic rings. The monoisotopic (exact) mass is 353 g/mol. The molecule has 1 amide bonds. The molecule has 1 aromatic carbocycles. The lowest BCUT2D eigenvalue weighted by atomic mass is 9.91. The predicted molar refractivity (Wildman–Crippen MR) is 98.3 cm³/mol. The molecular formula is C19H19N3O2S. The summed E-state index contributed by atoms with van der Waals surface area (Å²) in [4.78, 5) is 12.5. The number of aromatic nitrogens is 2. The van der Waals surface area contributed by atoms with Crippen molar-refractivity contribution in [3.8, 4) is 22.1 Å². The van der Waals surface area contributed by atoms with Gasteiger partial charge in [0, 0.05) is 7.05 Å². The van der Waals surface area contributed by atoms with Crippen LogP contribution in [0, 0.1) is 0 Å². The minimum Gasteiger partial charge on any atom is -0.446 e. The Bertz CT molecular complexity index is 954. The summed E-state index contributed by atoms with van der Waals surface area (Å²) in [5, 5.41) is 5.08. The van der Waals surface area contributed by atoms with Crippen molar-refractivity contribution < 1.29 is 9.53 Å². The molecule has 0 fully saturated rings. The zero-order valence-corrected chi connectivity index (χ0v) is 15.0. The second kappa shape index (κ2) is 6.04. The molecule has 0 saturated carbocycles. The van der Waals surface area contributed by atoms with Crippen molar-refractivity contribution >= 4 is 17.2 Å². The lowest BCUT2D eigenvalue weighted by Crippen LogP contribution is -2.13. The van der Waals surface area contributed by atoms with Crippen molar-refractivity contribution in [1.82, 2.24) is 9.78 Å². The number of benzene rings is 1. The van der Waals surface area contributed by atoms with Crippen molar-refractivity contribution in [3.05, 3.63) is 52.0 Å². The van der Waals surface area contributed by atoms with Crippen LogP contribution in [-0.2, 0) is 26.3 Å². The van der Waals surface area contributed by atoms with Crippen LogP contribution in [0.2, 0.25) is 0 Å². The summed E-state index contributed by atoms with van der Waals surface area (Å²) >= 11 is 1.33. The minimum atomic E-state index is -0.400. The van der Waals surface area contributed by atoms with E-state index >= 15 is 0 Å². The molecule has 3 aromatic rings. The number of fused-ring (bicyclic) bond motifs is 3. The molecule has 4 rings (SSSR count). The highest BCUT2D eigenvalue weighted by atomic mass is 32.1. The molecular weight excluding hydrogens is 334 g/mol. The third kappa shape index (κ3) is 2.62. The molecule has 0 spiro atoms. The van der Waals surface area contributed by atoms with E-state index in [1.165, 1.54) is 22.5 Å². The lowest BCUT2D eigenvalue weighted by molar-refractivity contribution is 0.100. The fourth-order valence-corrected chi connectivity index (χ4v) is 4.41. The van der Waals surface area contributed by atoms with Crippen molar-refractivity contribution in [2.24, 2.45) is 12.8 Å². The fraction of sp³-hybridized carbons (Fsp3) is 0.263. The van der Waals surface area contributed by atoms with Crippen LogP contribution in [0.5, 0.6) is 10.8 Å². The Morgan fingerprint density at radius 1 is 1.32 bits per heavy atom. The number of rotatable bonds is 4. The molecule has 128 valence electrons. The Labute approximate surface area is 150 Å². The fourth-order valence-electron chi connectivity index (χ4n) is 3.34. The third-order valence-corrected chi connectivity index (χ3v) is 5.76. The van der Waals surface area contributed by atoms with E-state index in [1.807, 2.05) is 30.1 Å². The summed E-state index contributed by atoms with van der Waals surface area (Å²) < 4.78 is 8.00. The second-order valence-electron chi connectivity index (χ2n) is 6.18. The van der Waals surface area contributed by atoms with Crippen LogP contribution >= 0.6 is 11.3 Å². The number of primary amides is 1. The molecule has 0 atom stereocenters. The van der Waals surface area contributed by atoms with Gasteiger partial charge >= 0.3 is 0 Å². The number of nitrogens with two attached hydrogens (primary N) is 1. The molecule has 2 N–H and O–H groups in total. The molecule has 0 radical (unpaired) electrons. The number of carbonyl (C=O) groups excluding carboxylic acids is 1. The van der Waals surface area contributed by atoms with Gasteiger partial charge in [-0.15, -0.1) is 0 Å².